The van der Waals surface area contributed by atoms with Gasteiger partial charge >= 0.3 is 5.97 Å². The molecule has 0 bridgehead atoms. The fourth-order valence-electron chi connectivity index (χ4n) is 2.17. The van der Waals surface area contributed by atoms with Crippen LogP contribution < -0.4 is 10.6 Å². The molecule has 17 heavy (non-hydrogen) atoms. The van der Waals surface area contributed by atoms with E-state index in [9.17, 15) is 9.59 Å². The quantitative estimate of drug-likeness (QED) is 0.692. The van der Waals surface area contributed by atoms with Crippen LogP contribution in [0.3, 0.4) is 0 Å². The predicted molar refractivity (Wildman–Crippen MR) is 64.5 cm³/mol. The molecule has 2 N–H and O–H groups in total. The molecular weight excluding hydrogens is 220 g/mol. The van der Waals surface area contributed by atoms with Crippen LogP contribution in [-0.2, 0) is 14.3 Å². The lowest BCUT2D eigenvalue weighted by molar-refractivity contribution is -0.144. The fraction of sp³-hybridized carbons (Fsp3) is 0.833. The molecular formula is C12H22N2O3. The highest BCUT2D eigenvalue weighted by Crippen LogP contribution is 2.17. The molecule has 1 fully saturated rings. The van der Waals surface area contributed by atoms with E-state index in [1.54, 1.807) is 0 Å². The van der Waals surface area contributed by atoms with Crippen molar-refractivity contribution in [2.24, 2.45) is 0 Å². The summed E-state index contributed by atoms with van der Waals surface area (Å²) in [5.41, 5.74) is 0. The second kappa shape index (κ2) is 7.27. The highest BCUT2D eigenvalue weighted by Gasteiger charge is 2.22. The molecule has 1 saturated carbocycles. The van der Waals surface area contributed by atoms with E-state index in [4.69, 9.17) is 0 Å². The summed E-state index contributed by atoms with van der Waals surface area (Å²) in [7, 11) is 1.33. The molecule has 1 aliphatic carbocycles. The van der Waals surface area contributed by atoms with E-state index < -0.39 is 12.0 Å². The number of nitrogens with one attached hydrogen (secondary N) is 2. The van der Waals surface area contributed by atoms with Crippen LogP contribution in [0.25, 0.3) is 0 Å². The van der Waals surface area contributed by atoms with Gasteiger partial charge in [0.2, 0.25) is 5.91 Å². The van der Waals surface area contributed by atoms with E-state index in [2.05, 4.69) is 15.4 Å². The normalized spacial score (nSPS) is 18.5. The molecule has 0 spiro atoms. The van der Waals surface area contributed by atoms with Gasteiger partial charge < -0.3 is 15.4 Å². The zero-order valence-corrected chi connectivity index (χ0v) is 10.6. The van der Waals surface area contributed by atoms with E-state index in [1.807, 2.05) is 0 Å². The third-order valence-electron chi connectivity index (χ3n) is 3.08. The van der Waals surface area contributed by atoms with Crippen LogP contribution in [-0.4, -0.2) is 37.6 Å². The molecule has 0 aromatic carbocycles. The summed E-state index contributed by atoms with van der Waals surface area (Å²) in [4.78, 5) is 22.4. The van der Waals surface area contributed by atoms with Gasteiger partial charge in [-0.2, -0.15) is 0 Å². The molecule has 1 rings (SSSR count). The Morgan fingerprint density at radius 2 is 1.94 bits per heavy atom. The molecule has 5 nitrogen and oxygen atoms in total. The number of esters is 1. The first-order chi connectivity index (χ1) is 8.13. The smallest absolute Gasteiger partial charge is 0.329 e. The number of methoxy groups -OCH3 is 1. The van der Waals surface area contributed by atoms with E-state index in [1.165, 1.54) is 33.3 Å². The highest BCUT2D eigenvalue weighted by atomic mass is 16.5. The van der Waals surface area contributed by atoms with Crippen molar-refractivity contribution >= 4 is 11.9 Å². The van der Waals surface area contributed by atoms with Crippen molar-refractivity contribution in [2.45, 2.75) is 51.1 Å². The minimum absolute atomic E-state index is 0.217. The standard InChI is InChI=1S/C12H22N2O3/c1-9(15)14-11(12(16)17-2)8-13-10-6-4-3-5-7-10/h10-11,13H,3-8H2,1-2H3,(H,14,15). The molecule has 1 unspecified atom stereocenters. The number of carbonyl (C=O) groups is 2. The summed E-state index contributed by atoms with van der Waals surface area (Å²) >= 11 is 0. The van der Waals surface area contributed by atoms with Gasteiger partial charge in [0.25, 0.3) is 0 Å². The Bertz CT molecular complexity index is 262. The lowest BCUT2D eigenvalue weighted by atomic mass is 9.95. The van der Waals surface area contributed by atoms with Crippen LogP contribution in [0.2, 0.25) is 0 Å². The molecule has 1 aliphatic rings. The zero-order valence-electron chi connectivity index (χ0n) is 10.6. The minimum Gasteiger partial charge on any atom is -0.467 e. The SMILES string of the molecule is COC(=O)C(CNC1CCCCC1)NC(C)=O. The van der Waals surface area contributed by atoms with Crippen molar-refractivity contribution < 1.29 is 14.3 Å². The van der Waals surface area contributed by atoms with Crippen molar-refractivity contribution in [1.82, 2.24) is 10.6 Å². The van der Waals surface area contributed by atoms with Crippen LogP contribution in [0, 0.1) is 0 Å². The van der Waals surface area contributed by atoms with Gasteiger partial charge in [-0.3, -0.25) is 4.79 Å². The van der Waals surface area contributed by atoms with Crippen LogP contribution in [0.5, 0.6) is 0 Å². The molecule has 5 heteroatoms. The number of rotatable bonds is 5. The van der Waals surface area contributed by atoms with E-state index in [0.717, 1.165) is 12.8 Å². The Morgan fingerprint density at radius 1 is 1.29 bits per heavy atom. The molecule has 1 amide bonds. The average molecular weight is 242 g/mol. The first-order valence-corrected chi connectivity index (χ1v) is 6.21. The van der Waals surface area contributed by atoms with Crippen molar-refractivity contribution in [3.63, 3.8) is 0 Å². The highest BCUT2D eigenvalue weighted by molar-refractivity contribution is 5.83. The summed E-state index contributed by atoms with van der Waals surface area (Å²) in [5, 5.41) is 5.92. The Kier molecular flexibility index (Phi) is 5.97. The van der Waals surface area contributed by atoms with Gasteiger partial charge in [-0.05, 0) is 12.8 Å². The van der Waals surface area contributed by atoms with Crippen molar-refractivity contribution in [3.05, 3.63) is 0 Å². The molecule has 0 heterocycles. The number of amides is 1. The Hall–Kier alpha value is -1.10. The van der Waals surface area contributed by atoms with E-state index in [-0.39, 0.29) is 5.91 Å². The molecule has 0 aromatic heterocycles. The van der Waals surface area contributed by atoms with Gasteiger partial charge in [0.05, 0.1) is 7.11 Å². The monoisotopic (exact) mass is 242 g/mol. The predicted octanol–water partition coefficient (Wildman–Crippen LogP) is 0.586. The maximum absolute atomic E-state index is 11.4. The van der Waals surface area contributed by atoms with Gasteiger partial charge in [-0.1, -0.05) is 19.3 Å². The van der Waals surface area contributed by atoms with Gasteiger partial charge in [0, 0.05) is 19.5 Å². The Labute approximate surface area is 102 Å². The number of hydrogen-bond acceptors (Lipinski definition) is 4. The first kappa shape index (κ1) is 14.0. The molecule has 98 valence electrons. The third kappa shape index (κ3) is 5.17. The Balaban J connectivity index is 2.36. The maximum atomic E-state index is 11.4. The average Bonchev–Trinajstić information content (AvgIpc) is 2.34. The summed E-state index contributed by atoms with van der Waals surface area (Å²) in [5.74, 6) is -0.616. The second-order valence-corrected chi connectivity index (χ2v) is 4.52. The van der Waals surface area contributed by atoms with Crippen LogP contribution >= 0.6 is 0 Å². The molecule has 1 atom stereocenters. The van der Waals surface area contributed by atoms with Gasteiger partial charge in [0.15, 0.2) is 0 Å². The number of carbonyl (C=O) groups excluding carboxylic acids is 2. The van der Waals surface area contributed by atoms with Crippen molar-refractivity contribution in [3.8, 4) is 0 Å². The molecule has 0 saturated heterocycles. The first-order valence-electron chi connectivity index (χ1n) is 6.21. The number of hydrogen-bond donors (Lipinski definition) is 2. The molecule has 0 aromatic rings. The van der Waals surface area contributed by atoms with Crippen molar-refractivity contribution in [1.29, 1.82) is 0 Å². The zero-order chi connectivity index (χ0) is 12.7. The van der Waals surface area contributed by atoms with Crippen LogP contribution in [0.4, 0.5) is 0 Å². The van der Waals surface area contributed by atoms with Gasteiger partial charge in [0.1, 0.15) is 6.04 Å². The second-order valence-electron chi connectivity index (χ2n) is 4.52. The number of ether oxygens (including phenoxy) is 1. The Morgan fingerprint density at radius 3 is 2.47 bits per heavy atom. The largest absolute Gasteiger partial charge is 0.467 e. The fourth-order valence-corrected chi connectivity index (χ4v) is 2.17. The van der Waals surface area contributed by atoms with Crippen molar-refractivity contribution in [2.75, 3.05) is 13.7 Å². The summed E-state index contributed by atoms with van der Waals surface area (Å²) < 4.78 is 4.66. The summed E-state index contributed by atoms with van der Waals surface area (Å²) in [6, 6.07) is -0.121. The molecule has 0 radical (unpaired) electrons. The van der Waals surface area contributed by atoms with Crippen LogP contribution in [0.15, 0.2) is 0 Å². The molecule has 0 aliphatic heterocycles. The minimum atomic E-state index is -0.584. The van der Waals surface area contributed by atoms with Gasteiger partial charge in [-0.15, -0.1) is 0 Å². The van der Waals surface area contributed by atoms with Gasteiger partial charge in [-0.25, -0.2) is 4.79 Å². The van der Waals surface area contributed by atoms with E-state index in [0.29, 0.717) is 12.6 Å². The lowest BCUT2D eigenvalue weighted by Crippen LogP contribution is -2.49. The topological polar surface area (TPSA) is 67.4 Å². The third-order valence-corrected chi connectivity index (χ3v) is 3.08. The van der Waals surface area contributed by atoms with Crippen LogP contribution in [0.1, 0.15) is 39.0 Å². The lowest BCUT2D eigenvalue weighted by Gasteiger charge is -2.25. The summed E-state index contributed by atoms with van der Waals surface area (Å²) in [6.07, 6.45) is 6.06. The summed E-state index contributed by atoms with van der Waals surface area (Å²) in [6.45, 7) is 1.84. The van der Waals surface area contributed by atoms with E-state index >= 15 is 0 Å². The maximum Gasteiger partial charge on any atom is 0.329 e.